The topological polar surface area (TPSA) is 74.2 Å². The van der Waals surface area contributed by atoms with Gasteiger partial charge in [0.1, 0.15) is 18.0 Å². The van der Waals surface area contributed by atoms with E-state index in [0.717, 1.165) is 36.7 Å². The molecule has 2 aromatic rings. The molecular formula is C15H19N5O. The van der Waals surface area contributed by atoms with Gasteiger partial charge in [-0.05, 0) is 25.0 Å². The van der Waals surface area contributed by atoms with Gasteiger partial charge in [0.05, 0.1) is 24.9 Å². The third kappa shape index (κ3) is 3.28. The maximum atomic E-state index is 9.41. The van der Waals surface area contributed by atoms with Gasteiger partial charge in [-0.2, -0.15) is 0 Å². The van der Waals surface area contributed by atoms with E-state index < -0.39 is 0 Å². The minimum Gasteiger partial charge on any atom is -0.394 e. The summed E-state index contributed by atoms with van der Waals surface area (Å²) >= 11 is 0. The van der Waals surface area contributed by atoms with Gasteiger partial charge < -0.3 is 15.3 Å². The molecule has 0 amide bonds. The first-order chi connectivity index (χ1) is 10.4. The maximum Gasteiger partial charge on any atom is 0.134 e. The van der Waals surface area contributed by atoms with Gasteiger partial charge in [0.2, 0.25) is 0 Å². The first-order valence-electron chi connectivity index (χ1n) is 7.20. The zero-order valence-corrected chi connectivity index (χ0v) is 11.8. The summed E-state index contributed by atoms with van der Waals surface area (Å²) in [6.07, 6.45) is 5.43. The average Bonchev–Trinajstić information content (AvgIpc) is 3.03. The minimum absolute atomic E-state index is 0.167. The summed E-state index contributed by atoms with van der Waals surface area (Å²) in [4.78, 5) is 15.0. The molecule has 110 valence electrons. The second kappa shape index (κ2) is 6.49. The monoisotopic (exact) mass is 285 g/mol. The lowest BCUT2D eigenvalue weighted by atomic mass is 10.2. The molecule has 0 aromatic carbocycles. The van der Waals surface area contributed by atoms with Gasteiger partial charge in [-0.1, -0.05) is 6.07 Å². The van der Waals surface area contributed by atoms with Crippen molar-refractivity contribution in [2.24, 2.45) is 0 Å². The molecule has 1 fully saturated rings. The number of hydrogen-bond donors (Lipinski definition) is 2. The number of aliphatic hydroxyl groups excluding tert-OH is 1. The van der Waals surface area contributed by atoms with Crippen LogP contribution in [0.3, 0.4) is 0 Å². The normalized spacial score (nSPS) is 18.0. The van der Waals surface area contributed by atoms with Crippen LogP contribution >= 0.6 is 0 Å². The molecule has 0 unspecified atom stereocenters. The Hall–Kier alpha value is -2.21. The Labute approximate surface area is 123 Å². The molecule has 6 nitrogen and oxygen atoms in total. The van der Waals surface area contributed by atoms with Crippen LogP contribution in [-0.2, 0) is 6.54 Å². The predicted octanol–water partition coefficient (Wildman–Crippen LogP) is 1.44. The molecule has 3 rings (SSSR count). The Morgan fingerprint density at radius 1 is 1.29 bits per heavy atom. The van der Waals surface area contributed by atoms with Crippen molar-refractivity contribution >= 4 is 11.6 Å². The Balaban J connectivity index is 1.68. The van der Waals surface area contributed by atoms with E-state index in [1.807, 2.05) is 24.3 Å². The molecule has 0 spiro atoms. The van der Waals surface area contributed by atoms with Crippen LogP contribution in [0.1, 0.15) is 18.5 Å². The summed E-state index contributed by atoms with van der Waals surface area (Å²) < 4.78 is 0. The van der Waals surface area contributed by atoms with Crippen LogP contribution in [0.5, 0.6) is 0 Å². The highest BCUT2D eigenvalue weighted by molar-refractivity contribution is 5.49. The lowest BCUT2D eigenvalue weighted by Crippen LogP contribution is -2.32. The number of nitrogens with one attached hydrogen (secondary N) is 1. The molecule has 0 aliphatic carbocycles. The van der Waals surface area contributed by atoms with E-state index in [9.17, 15) is 5.11 Å². The smallest absolute Gasteiger partial charge is 0.134 e. The van der Waals surface area contributed by atoms with Crippen molar-refractivity contribution < 1.29 is 5.11 Å². The molecule has 1 saturated heterocycles. The zero-order chi connectivity index (χ0) is 14.5. The number of pyridine rings is 1. The van der Waals surface area contributed by atoms with Gasteiger partial charge in [0.15, 0.2) is 0 Å². The first-order valence-corrected chi connectivity index (χ1v) is 7.20. The van der Waals surface area contributed by atoms with Crippen molar-refractivity contribution in [3.05, 3.63) is 42.5 Å². The van der Waals surface area contributed by atoms with E-state index in [2.05, 4.69) is 25.2 Å². The molecule has 1 aliphatic rings. The molecule has 6 heteroatoms. The summed E-state index contributed by atoms with van der Waals surface area (Å²) in [5.41, 5.74) is 0.965. The fourth-order valence-corrected chi connectivity index (χ4v) is 2.61. The fraction of sp³-hybridized carbons (Fsp3) is 0.400. The van der Waals surface area contributed by atoms with Crippen LogP contribution in [0.25, 0.3) is 0 Å². The SMILES string of the molecule is OC[C@H]1CCCN1c1cc(NCc2ccccn2)ncn1. The molecule has 21 heavy (non-hydrogen) atoms. The third-order valence-corrected chi connectivity index (χ3v) is 3.71. The van der Waals surface area contributed by atoms with Crippen LogP contribution in [-0.4, -0.2) is 39.3 Å². The molecule has 1 atom stereocenters. The second-order valence-electron chi connectivity index (χ2n) is 5.11. The van der Waals surface area contributed by atoms with Crippen LogP contribution < -0.4 is 10.2 Å². The van der Waals surface area contributed by atoms with Gasteiger partial charge in [-0.15, -0.1) is 0 Å². The van der Waals surface area contributed by atoms with Crippen molar-refractivity contribution in [1.82, 2.24) is 15.0 Å². The number of anilines is 2. The summed E-state index contributed by atoms with van der Waals surface area (Å²) in [5.74, 6) is 1.64. The molecule has 2 N–H and O–H groups in total. The Bertz CT molecular complexity index is 577. The highest BCUT2D eigenvalue weighted by Gasteiger charge is 2.25. The lowest BCUT2D eigenvalue weighted by molar-refractivity contribution is 0.266. The average molecular weight is 285 g/mol. The van der Waals surface area contributed by atoms with Crippen LogP contribution in [0.4, 0.5) is 11.6 Å². The van der Waals surface area contributed by atoms with Gasteiger partial charge in [0, 0.05) is 18.8 Å². The molecule has 3 heterocycles. The Morgan fingerprint density at radius 2 is 2.24 bits per heavy atom. The summed E-state index contributed by atoms with van der Waals surface area (Å²) in [5, 5.41) is 12.7. The lowest BCUT2D eigenvalue weighted by Gasteiger charge is -2.24. The summed E-state index contributed by atoms with van der Waals surface area (Å²) in [6.45, 7) is 1.73. The Kier molecular flexibility index (Phi) is 4.25. The summed E-state index contributed by atoms with van der Waals surface area (Å²) in [6, 6.07) is 7.93. The van der Waals surface area contributed by atoms with Gasteiger partial charge >= 0.3 is 0 Å². The van der Waals surface area contributed by atoms with E-state index >= 15 is 0 Å². The molecule has 0 saturated carbocycles. The number of aromatic nitrogens is 3. The quantitative estimate of drug-likeness (QED) is 0.866. The molecule has 0 bridgehead atoms. The highest BCUT2D eigenvalue weighted by Crippen LogP contribution is 2.24. The summed E-state index contributed by atoms with van der Waals surface area (Å²) in [7, 11) is 0. The van der Waals surface area contributed by atoms with E-state index in [0.29, 0.717) is 6.54 Å². The van der Waals surface area contributed by atoms with E-state index in [1.54, 1.807) is 12.5 Å². The fourth-order valence-electron chi connectivity index (χ4n) is 2.61. The van der Waals surface area contributed by atoms with Gasteiger partial charge in [-0.25, -0.2) is 9.97 Å². The van der Waals surface area contributed by atoms with E-state index in [1.165, 1.54) is 0 Å². The van der Waals surface area contributed by atoms with E-state index in [4.69, 9.17) is 0 Å². The number of aliphatic hydroxyl groups is 1. The third-order valence-electron chi connectivity index (χ3n) is 3.71. The van der Waals surface area contributed by atoms with Crippen LogP contribution in [0.15, 0.2) is 36.8 Å². The number of nitrogens with zero attached hydrogens (tertiary/aromatic N) is 4. The van der Waals surface area contributed by atoms with Crippen molar-refractivity contribution in [3.8, 4) is 0 Å². The molecular weight excluding hydrogens is 266 g/mol. The predicted molar refractivity (Wildman–Crippen MR) is 81.0 cm³/mol. The van der Waals surface area contributed by atoms with Crippen molar-refractivity contribution in [3.63, 3.8) is 0 Å². The molecule has 0 radical (unpaired) electrons. The van der Waals surface area contributed by atoms with Gasteiger partial charge in [-0.3, -0.25) is 4.98 Å². The Morgan fingerprint density at radius 3 is 3.05 bits per heavy atom. The number of rotatable bonds is 5. The zero-order valence-electron chi connectivity index (χ0n) is 11.8. The second-order valence-corrected chi connectivity index (χ2v) is 5.11. The molecule has 1 aliphatic heterocycles. The maximum absolute atomic E-state index is 9.41. The standard InChI is InChI=1S/C15H19N5O/c21-10-13-5-3-7-20(13)15-8-14(18-11-19-15)17-9-12-4-1-2-6-16-12/h1-2,4,6,8,11,13,21H,3,5,7,9-10H2,(H,17,18,19)/t13-/m1/s1. The van der Waals surface area contributed by atoms with Crippen LogP contribution in [0, 0.1) is 0 Å². The van der Waals surface area contributed by atoms with Crippen molar-refractivity contribution in [2.75, 3.05) is 23.4 Å². The largest absolute Gasteiger partial charge is 0.394 e. The van der Waals surface area contributed by atoms with Crippen LogP contribution in [0.2, 0.25) is 0 Å². The molecule has 2 aromatic heterocycles. The minimum atomic E-state index is 0.167. The first kappa shape index (κ1) is 13.8. The van der Waals surface area contributed by atoms with Gasteiger partial charge in [0.25, 0.3) is 0 Å². The van der Waals surface area contributed by atoms with Crippen molar-refractivity contribution in [2.45, 2.75) is 25.4 Å². The van der Waals surface area contributed by atoms with Crippen molar-refractivity contribution in [1.29, 1.82) is 0 Å². The number of hydrogen-bond acceptors (Lipinski definition) is 6. The van der Waals surface area contributed by atoms with E-state index in [-0.39, 0.29) is 12.6 Å². The highest BCUT2D eigenvalue weighted by atomic mass is 16.3.